The molecule has 1 aliphatic rings. The van der Waals surface area contributed by atoms with E-state index in [2.05, 4.69) is 4.72 Å². The molecule has 0 radical (unpaired) electrons. The van der Waals surface area contributed by atoms with Gasteiger partial charge in [-0.15, -0.1) is 0 Å². The van der Waals surface area contributed by atoms with Gasteiger partial charge < -0.3 is 10.5 Å². The molecule has 112 valence electrons. The molecule has 5 nitrogen and oxygen atoms in total. The fraction of sp³-hybridized carbons (Fsp3) is 0.538. The maximum absolute atomic E-state index is 13.9. The Labute approximate surface area is 118 Å². The number of hydrogen-bond acceptors (Lipinski definition) is 4. The Morgan fingerprint density at radius 2 is 2.25 bits per heavy atom. The lowest BCUT2D eigenvalue weighted by Gasteiger charge is -2.09. The van der Waals surface area contributed by atoms with Gasteiger partial charge in [0, 0.05) is 25.1 Å². The molecule has 0 amide bonds. The first-order valence-corrected chi connectivity index (χ1v) is 8.15. The van der Waals surface area contributed by atoms with Gasteiger partial charge in [0.1, 0.15) is 6.10 Å². The molecule has 0 aromatic heterocycles. The molecule has 1 heterocycles. The molecule has 1 aromatic rings. The summed E-state index contributed by atoms with van der Waals surface area (Å²) >= 11 is 0. The second-order valence-electron chi connectivity index (χ2n) is 4.82. The van der Waals surface area contributed by atoms with E-state index in [1.807, 2.05) is 6.92 Å². The molecule has 0 bridgehead atoms. The number of fused-ring (bicyclic) bond motifs is 1. The van der Waals surface area contributed by atoms with Crippen LogP contribution in [0.3, 0.4) is 0 Å². The van der Waals surface area contributed by atoms with Crippen LogP contribution in [0.1, 0.15) is 25.3 Å². The summed E-state index contributed by atoms with van der Waals surface area (Å²) in [5.74, 6) is -0.540. The number of hydrogen-bond donors (Lipinski definition) is 2. The highest BCUT2D eigenvalue weighted by molar-refractivity contribution is 7.89. The van der Waals surface area contributed by atoms with Crippen molar-refractivity contribution in [1.82, 2.24) is 4.72 Å². The van der Waals surface area contributed by atoms with Crippen LogP contribution in [0, 0.1) is 5.82 Å². The Morgan fingerprint density at radius 3 is 2.90 bits per heavy atom. The largest absolute Gasteiger partial charge is 0.485 e. The third-order valence-electron chi connectivity index (χ3n) is 3.22. The number of nitrogens with one attached hydrogen (secondary N) is 1. The van der Waals surface area contributed by atoms with E-state index >= 15 is 0 Å². The van der Waals surface area contributed by atoms with Crippen LogP contribution in [0.15, 0.2) is 17.0 Å². The first-order chi connectivity index (χ1) is 9.47. The molecule has 1 unspecified atom stereocenters. The fourth-order valence-corrected chi connectivity index (χ4v) is 3.25. The molecule has 0 fully saturated rings. The van der Waals surface area contributed by atoms with Gasteiger partial charge in [0.15, 0.2) is 11.6 Å². The highest BCUT2D eigenvalue weighted by Crippen LogP contribution is 2.33. The van der Waals surface area contributed by atoms with Crippen molar-refractivity contribution in [2.24, 2.45) is 5.73 Å². The van der Waals surface area contributed by atoms with Crippen molar-refractivity contribution in [3.8, 4) is 5.75 Å². The molecular weight excluding hydrogens is 283 g/mol. The molecule has 1 aliphatic heterocycles. The van der Waals surface area contributed by atoms with Crippen LogP contribution in [0.25, 0.3) is 0 Å². The second kappa shape index (κ2) is 6.07. The van der Waals surface area contributed by atoms with E-state index in [9.17, 15) is 12.8 Å². The Balaban J connectivity index is 2.25. The minimum Gasteiger partial charge on any atom is -0.485 e. The summed E-state index contributed by atoms with van der Waals surface area (Å²) in [6.45, 7) is 2.58. The third-order valence-corrected chi connectivity index (χ3v) is 4.66. The monoisotopic (exact) mass is 302 g/mol. The standard InChI is InChI=1S/C13H19FN2O3S/c1-2-3-4-16-20(17,18)11-6-9-5-10(8-15)19-13(9)12(14)7-11/h6-7,10,16H,2-5,8,15H2,1H3. The molecule has 1 aromatic carbocycles. The zero-order valence-corrected chi connectivity index (χ0v) is 12.2. The Morgan fingerprint density at radius 1 is 1.50 bits per heavy atom. The fourth-order valence-electron chi connectivity index (χ4n) is 2.11. The summed E-state index contributed by atoms with van der Waals surface area (Å²) in [4.78, 5) is -0.0638. The number of nitrogens with two attached hydrogens (primary N) is 1. The summed E-state index contributed by atoms with van der Waals surface area (Å²) in [5.41, 5.74) is 6.04. The van der Waals surface area contributed by atoms with Gasteiger partial charge in [-0.2, -0.15) is 0 Å². The van der Waals surface area contributed by atoms with E-state index in [4.69, 9.17) is 10.5 Å². The minimum atomic E-state index is -3.68. The second-order valence-corrected chi connectivity index (χ2v) is 6.59. The summed E-state index contributed by atoms with van der Waals surface area (Å²) in [6, 6.07) is 2.45. The Hall–Kier alpha value is -1.18. The molecular formula is C13H19FN2O3S. The van der Waals surface area contributed by atoms with Crippen LogP contribution < -0.4 is 15.2 Å². The van der Waals surface area contributed by atoms with Crippen molar-refractivity contribution in [2.45, 2.75) is 37.2 Å². The molecule has 3 N–H and O–H groups in total. The first-order valence-electron chi connectivity index (χ1n) is 6.66. The molecule has 2 rings (SSSR count). The van der Waals surface area contributed by atoms with Crippen LogP contribution >= 0.6 is 0 Å². The highest BCUT2D eigenvalue weighted by Gasteiger charge is 2.28. The Bertz CT molecular complexity index is 590. The van der Waals surface area contributed by atoms with Crippen molar-refractivity contribution in [1.29, 1.82) is 0 Å². The van der Waals surface area contributed by atoms with Gasteiger partial charge in [-0.25, -0.2) is 17.5 Å². The van der Waals surface area contributed by atoms with E-state index in [1.54, 1.807) is 0 Å². The first kappa shape index (κ1) is 15.2. The van der Waals surface area contributed by atoms with Crippen LogP contribution in [-0.2, 0) is 16.4 Å². The van der Waals surface area contributed by atoms with Crippen LogP contribution in [0.4, 0.5) is 4.39 Å². The molecule has 7 heteroatoms. The van der Waals surface area contributed by atoms with Crippen molar-refractivity contribution < 1.29 is 17.5 Å². The zero-order chi connectivity index (χ0) is 14.8. The minimum absolute atomic E-state index is 0.0638. The molecule has 1 atom stereocenters. The van der Waals surface area contributed by atoms with E-state index in [0.29, 0.717) is 18.5 Å². The molecule has 0 aliphatic carbocycles. The van der Waals surface area contributed by atoms with Gasteiger partial charge >= 0.3 is 0 Å². The topological polar surface area (TPSA) is 81.4 Å². The van der Waals surface area contributed by atoms with E-state index < -0.39 is 15.8 Å². The summed E-state index contributed by atoms with van der Waals surface area (Å²) < 4.78 is 45.9. The summed E-state index contributed by atoms with van der Waals surface area (Å²) in [5, 5.41) is 0. The SMILES string of the molecule is CCCCNS(=O)(=O)c1cc(F)c2c(c1)CC(CN)O2. The van der Waals surface area contributed by atoms with Crippen molar-refractivity contribution in [3.63, 3.8) is 0 Å². The lowest BCUT2D eigenvalue weighted by Crippen LogP contribution is -2.25. The maximum atomic E-state index is 13.9. The average molecular weight is 302 g/mol. The molecule has 20 heavy (non-hydrogen) atoms. The normalized spacial score (nSPS) is 17.9. The predicted octanol–water partition coefficient (Wildman–Crippen LogP) is 1.17. The van der Waals surface area contributed by atoms with E-state index in [0.717, 1.165) is 18.9 Å². The molecule has 0 saturated heterocycles. The average Bonchev–Trinajstić information content (AvgIpc) is 2.82. The van der Waals surface area contributed by atoms with Gasteiger partial charge in [-0.1, -0.05) is 13.3 Å². The number of benzene rings is 1. The number of unbranched alkanes of at least 4 members (excludes halogenated alkanes) is 1. The Kier molecular flexibility index (Phi) is 4.62. The number of ether oxygens (including phenoxy) is 1. The highest BCUT2D eigenvalue weighted by atomic mass is 32.2. The number of halogens is 1. The third kappa shape index (κ3) is 3.11. The number of rotatable bonds is 6. The summed E-state index contributed by atoms with van der Waals surface area (Å²) in [7, 11) is -3.68. The lowest BCUT2D eigenvalue weighted by atomic mass is 10.1. The van der Waals surface area contributed by atoms with Crippen molar-refractivity contribution in [2.75, 3.05) is 13.1 Å². The van der Waals surface area contributed by atoms with Crippen molar-refractivity contribution >= 4 is 10.0 Å². The molecule has 0 saturated carbocycles. The quantitative estimate of drug-likeness (QED) is 0.773. The van der Waals surface area contributed by atoms with Crippen LogP contribution in [0.2, 0.25) is 0 Å². The van der Waals surface area contributed by atoms with Gasteiger partial charge in [0.25, 0.3) is 0 Å². The smallest absolute Gasteiger partial charge is 0.240 e. The van der Waals surface area contributed by atoms with Gasteiger partial charge in [0.2, 0.25) is 10.0 Å². The van der Waals surface area contributed by atoms with E-state index in [1.165, 1.54) is 6.07 Å². The molecule has 0 spiro atoms. The van der Waals surface area contributed by atoms with Gasteiger partial charge in [-0.3, -0.25) is 0 Å². The van der Waals surface area contributed by atoms with Gasteiger partial charge in [0.05, 0.1) is 4.90 Å². The predicted molar refractivity (Wildman–Crippen MR) is 73.7 cm³/mol. The van der Waals surface area contributed by atoms with E-state index in [-0.39, 0.29) is 23.3 Å². The lowest BCUT2D eigenvalue weighted by molar-refractivity contribution is 0.232. The van der Waals surface area contributed by atoms with Gasteiger partial charge in [-0.05, 0) is 18.6 Å². The van der Waals surface area contributed by atoms with Crippen molar-refractivity contribution in [3.05, 3.63) is 23.5 Å². The van der Waals surface area contributed by atoms with Crippen LogP contribution in [-0.4, -0.2) is 27.6 Å². The summed E-state index contributed by atoms with van der Waals surface area (Å²) in [6.07, 6.45) is 1.77. The number of sulfonamides is 1. The van der Waals surface area contributed by atoms with Crippen LogP contribution in [0.5, 0.6) is 5.75 Å². The zero-order valence-electron chi connectivity index (χ0n) is 11.4. The maximum Gasteiger partial charge on any atom is 0.240 e.